The van der Waals surface area contributed by atoms with Gasteiger partial charge in [-0.05, 0) is 47.8 Å². The fourth-order valence-corrected chi connectivity index (χ4v) is 4.79. The average Bonchev–Trinajstić information content (AvgIpc) is 3.23. The predicted octanol–water partition coefficient (Wildman–Crippen LogP) is 5.24. The number of anilines is 1. The molecular formula is C23H27BrN6OS. The quantitative estimate of drug-likeness (QED) is 0.341. The molecule has 32 heavy (non-hydrogen) atoms. The van der Waals surface area contributed by atoms with Crippen LogP contribution in [0, 0.1) is 0 Å². The number of nitrogens with two attached hydrogens (primary N) is 1. The van der Waals surface area contributed by atoms with Crippen molar-refractivity contribution in [1.82, 2.24) is 23.9 Å². The van der Waals surface area contributed by atoms with Gasteiger partial charge in [0.05, 0.1) is 11.9 Å². The van der Waals surface area contributed by atoms with Gasteiger partial charge in [0, 0.05) is 36.2 Å². The SMILES string of the molecule is C/C=C\C=C/c1ccc(-c2cnn3c(N)c(Br)c(OC4CCN(SCC)CC4)nc23)cn1. The van der Waals surface area contributed by atoms with Crippen molar-refractivity contribution >= 4 is 45.4 Å². The molecule has 0 aromatic carbocycles. The Kier molecular flexibility index (Phi) is 7.49. The molecule has 0 radical (unpaired) electrons. The summed E-state index contributed by atoms with van der Waals surface area (Å²) in [4.78, 5) is 9.31. The van der Waals surface area contributed by atoms with Crippen molar-refractivity contribution in [3.63, 3.8) is 0 Å². The van der Waals surface area contributed by atoms with Gasteiger partial charge in [-0.1, -0.05) is 43.2 Å². The normalized spacial score (nSPS) is 16.0. The molecule has 1 fully saturated rings. The molecule has 0 spiro atoms. The molecule has 4 rings (SSSR count). The van der Waals surface area contributed by atoms with Crippen LogP contribution in [0.1, 0.15) is 32.4 Å². The van der Waals surface area contributed by atoms with E-state index in [1.165, 1.54) is 0 Å². The van der Waals surface area contributed by atoms with E-state index in [1.54, 1.807) is 10.7 Å². The number of fused-ring (bicyclic) bond motifs is 1. The lowest BCUT2D eigenvalue weighted by atomic mass is 10.1. The Bertz CT molecular complexity index is 1120. The topological polar surface area (TPSA) is 81.6 Å². The molecule has 4 heterocycles. The molecule has 0 aliphatic carbocycles. The molecule has 9 heteroatoms. The number of halogens is 1. The summed E-state index contributed by atoms with van der Waals surface area (Å²) in [5.41, 5.74) is 9.68. The molecule has 7 nitrogen and oxygen atoms in total. The van der Waals surface area contributed by atoms with Crippen LogP contribution < -0.4 is 10.5 Å². The third-order valence-electron chi connectivity index (χ3n) is 5.25. The summed E-state index contributed by atoms with van der Waals surface area (Å²) in [6.45, 7) is 6.18. The highest BCUT2D eigenvalue weighted by molar-refractivity contribution is 9.10. The fraction of sp³-hybridized carbons (Fsp3) is 0.348. The molecule has 0 bridgehead atoms. The van der Waals surface area contributed by atoms with E-state index < -0.39 is 0 Å². The smallest absolute Gasteiger partial charge is 0.234 e. The summed E-state index contributed by atoms with van der Waals surface area (Å²) in [6.07, 6.45) is 13.5. The lowest BCUT2D eigenvalue weighted by Crippen LogP contribution is -2.34. The number of hydrogen-bond acceptors (Lipinski definition) is 7. The Balaban J connectivity index is 1.59. The first kappa shape index (κ1) is 22.8. The molecule has 3 aromatic heterocycles. The Morgan fingerprint density at radius 3 is 2.75 bits per heavy atom. The molecule has 0 saturated carbocycles. The maximum absolute atomic E-state index is 6.36. The van der Waals surface area contributed by atoms with E-state index >= 15 is 0 Å². The maximum atomic E-state index is 6.36. The highest BCUT2D eigenvalue weighted by Gasteiger charge is 2.24. The third-order valence-corrected chi connectivity index (χ3v) is 6.98. The van der Waals surface area contributed by atoms with Crippen molar-refractivity contribution in [3.05, 3.63) is 52.9 Å². The standard InChI is InChI=1S/C23H27BrN6OS/c1-3-5-6-7-17-9-8-16(14-26-17)19-15-27-30-21(25)20(24)23(28-22(19)30)31-18-10-12-29(13-11-18)32-4-2/h3,5-9,14-15,18H,4,10-13,25H2,1-2H3/b5-3-,7-6-. The minimum absolute atomic E-state index is 0.116. The summed E-state index contributed by atoms with van der Waals surface area (Å²) >= 11 is 5.44. The van der Waals surface area contributed by atoms with Gasteiger partial charge in [0.2, 0.25) is 5.88 Å². The molecule has 1 saturated heterocycles. The number of allylic oxidation sites excluding steroid dienone is 3. The summed E-state index contributed by atoms with van der Waals surface area (Å²) in [6, 6.07) is 3.99. The van der Waals surface area contributed by atoms with Gasteiger partial charge >= 0.3 is 0 Å². The molecular weight excluding hydrogens is 488 g/mol. The van der Waals surface area contributed by atoms with Crippen LogP contribution >= 0.6 is 27.9 Å². The first-order valence-corrected chi connectivity index (χ1v) is 12.5. The Morgan fingerprint density at radius 2 is 2.06 bits per heavy atom. The van der Waals surface area contributed by atoms with Gasteiger partial charge in [-0.3, -0.25) is 9.29 Å². The minimum Gasteiger partial charge on any atom is -0.473 e. The van der Waals surface area contributed by atoms with E-state index in [4.69, 9.17) is 15.5 Å². The molecule has 0 unspecified atom stereocenters. The van der Waals surface area contributed by atoms with Gasteiger partial charge in [-0.15, -0.1) is 0 Å². The number of piperidine rings is 1. The zero-order valence-electron chi connectivity index (χ0n) is 18.2. The molecule has 2 N–H and O–H groups in total. The lowest BCUT2D eigenvalue weighted by Gasteiger charge is -2.30. The van der Waals surface area contributed by atoms with Crippen LogP contribution in [0.25, 0.3) is 22.9 Å². The van der Waals surface area contributed by atoms with Crippen LogP contribution in [-0.2, 0) is 0 Å². The van der Waals surface area contributed by atoms with Gasteiger partial charge < -0.3 is 10.5 Å². The van der Waals surface area contributed by atoms with Crippen molar-refractivity contribution in [2.24, 2.45) is 0 Å². The van der Waals surface area contributed by atoms with E-state index in [-0.39, 0.29) is 6.10 Å². The lowest BCUT2D eigenvalue weighted by molar-refractivity contribution is 0.133. The van der Waals surface area contributed by atoms with Crippen molar-refractivity contribution in [1.29, 1.82) is 0 Å². The molecule has 0 amide bonds. The van der Waals surface area contributed by atoms with Crippen molar-refractivity contribution in [2.75, 3.05) is 24.6 Å². The summed E-state index contributed by atoms with van der Waals surface area (Å²) in [7, 11) is 0. The van der Waals surface area contributed by atoms with Crippen LogP contribution in [0.5, 0.6) is 5.88 Å². The van der Waals surface area contributed by atoms with Crippen molar-refractivity contribution in [3.8, 4) is 17.0 Å². The van der Waals surface area contributed by atoms with E-state index in [1.807, 2.05) is 61.5 Å². The average molecular weight is 515 g/mol. The van der Waals surface area contributed by atoms with Crippen LogP contribution in [0.15, 0.2) is 47.2 Å². The maximum Gasteiger partial charge on any atom is 0.234 e. The number of hydrogen-bond donors (Lipinski definition) is 1. The number of ether oxygens (including phenoxy) is 1. The van der Waals surface area contributed by atoms with Gasteiger partial charge in [-0.25, -0.2) is 0 Å². The molecule has 3 aromatic rings. The zero-order chi connectivity index (χ0) is 22.5. The Hall–Kier alpha value is -2.36. The Labute approximate surface area is 201 Å². The van der Waals surface area contributed by atoms with Crippen molar-refractivity contribution in [2.45, 2.75) is 32.8 Å². The van der Waals surface area contributed by atoms with E-state index in [2.05, 4.69) is 37.2 Å². The summed E-state index contributed by atoms with van der Waals surface area (Å²) in [5, 5.41) is 4.44. The number of pyridine rings is 1. The van der Waals surface area contributed by atoms with Crippen LogP contribution in [0.2, 0.25) is 0 Å². The van der Waals surface area contributed by atoms with Gasteiger partial charge in [0.15, 0.2) is 5.65 Å². The number of rotatable bonds is 7. The highest BCUT2D eigenvalue weighted by Crippen LogP contribution is 2.35. The van der Waals surface area contributed by atoms with E-state index in [9.17, 15) is 0 Å². The Morgan fingerprint density at radius 1 is 1.25 bits per heavy atom. The second-order valence-corrected chi connectivity index (χ2v) is 9.58. The van der Waals surface area contributed by atoms with E-state index in [0.717, 1.165) is 48.5 Å². The molecule has 0 atom stereocenters. The van der Waals surface area contributed by atoms with Crippen LogP contribution in [0.4, 0.5) is 5.82 Å². The van der Waals surface area contributed by atoms with Crippen LogP contribution in [0.3, 0.4) is 0 Å². The number of nitrogens with zero attached hydrogens (tertiary/aromatic N) is 5. The zero-order valence-corrected chi connectivity index (χ0v) is 20.6. The number of nitrogen functional groups attached to an aromatic ring is 1. The first-order chi connectivity index (χ1) is 15.6. The summed E-state index contributed by atoms with van der Waals surface area (Å²) in [5.74, 6) is 2.07. The second kappa shape index (κ2) is 10.5. The van der Waals surface area contributed by atoms with Crippen LogP contribution in [-0.4, -0.2) is 48.8 Å². The first-order valence-electron chi connectivity index (χ1n) is 10.7. The van der Waals surface area contributed by atoms with Crippen molar-refractivity contribution < 1.29 is 4.74 Å². The monoisotopic (exact) mass is 514 g/mol. The fourth-order valence-electron chi connectivity index (χ4n) is 3.60. The highest BCUT2D eigenvalue weighted by atomic mass is 79.9. The largest absolute Gasteiger partial charge is 0.473 e. The molecule has 1 aliphatic heterocycles. The second-order valence-electron chi connectivity index (χ2n) is 7.43. The predicted molar refractivity (Wildman–Crippen MR) is 136 cm³/mol. The van der Waals surface area contributed by atoms with Gasteiger partial charge in [0.1, 0.15) is 16.4 Å². The van der Waals surface area contributed by atoms with Gasteiger partial charge in [-0.2, -0.15) is 14.6 Å². The molecule has 168 valence electrons. The third kappa shape index (κ3) is 5.00. The minimum atomic E-state index is 0.116. The number of aromatic nitrogens is 4. The molecule has 1 aliphatic rings. The summed E-state index contributed by atoms with van der Waals surface area (Å²) < 4.78 is 11.0. The van der Waals surface area contributed by atoms with Gasteiger partial charge in [0.25, 0.3) is 0 Å². The van der Waals surface area contributed by atoms with E-state index in [0.29, 0.717) is 21.8 Å².